The van der Waals surface area contributed by atoms with E-state index in [2.05, 4.69) is 10.6 Å². The first-order valence-corrected chi connectivity index (χ1v) is 11.2. The van der Waals surface area contributed by atoms with Gasteiger partial charge in [0.05, 0.1) is 19.8 Å². The summed E-state index contributed by atoms with van der Waals surface area (Å²) in [5.74, 6) is -1.83. The minimum atomic E-state index is -1.01. The zero-order chi connectivity index (χ0) is 23.4. The summed E-state index contributed by atoms with van der Waals surface area (Å²) < 4.78 is 19.0. The van der Waals surface area contributed by atoms with Crippen LogP contribution >= 0.6 is 0 Å². The second kappa shape index (κ2) is 10.2. The van der Waals surface area contributed by atoms with Crippen LogP contribution in [0.1, 0.15) is 23.2 Å². The average molecular weight is 461 g/mol. The van der Waals surface area contributed by atoms with E-state index in [0.29, 0.717) is 39.3 Å². The lowest BCUT2D eigenvalue weighted by Gasteiger charge is -2.43. The highest BCUT2D eigenvalue weighted by molar-refractivity contribution is 5.99. The monoisotopic (exact) mass is 461 g/mol. The molecule has 178 valence electrons. The van der Waals surface area contributed by atoms with Gasteiger partial charge in [-0.15, -0.1) is 0 Å². The van der Waals surface area contributed by atoms with Crippen LogP contribution in [0, 0.1) is 5.82 Å². The maximum Gasteiger partial charge on any atom is 0.320 e. The van der Waals surface area contributed by atoms with Crippen molar-refractivity contribution in [3.63, 3.8) is 0 Å². The van der Waals surface area contributed by atoms with Crippen LogP contribution in [0.15, 0.2) is 24.3 Å². The molecule has 1 aromatic carbocycles. The minimum Gasteiger partial charge on any atom is -0.378 e. The summed E-state index contributed by atoms with van der Waals surface area (Å²) in [5, 5.41) is 5.45. The number of nitrogens with zero attached hydrogens (tertiary/aromatic N) is 3. The topological polar surface area (TPSA) is 111 Å². The molecular weight excluding hydrogens is 433 g/mol. The van der Waals surface area contributed by atoms with E-state index in [9.17, 15) is 23.6 Å². The Morgan fingerprint density at radius 2 is 1.88 bits per heavy atom. The Labute approximate surface area is 191 Å². The van der Waals surface area contributed by atoms with Gasteiger partial charge in [0.2, 0.25) is 11.8 Å². The van der Waals surface area contributed by atoms with Crippen LogP contribution in [0.25, 0.3) is 0 Å². The Morgan fingerprint density at radius 1 is 1.09 bits per heavy atom. The van der Waals surface area contributed by atoms with Crippen molar-refractivity contribution in [1.29, 1.82) is 0 Å². The number of carbonyl (C=O) groups excluding carboxylic acids is 4. The van der Waals surface area contributed by atoms with Crippen LogP contribution in [0.3, 0.4) is 0 Å². The maximum atomic E-state index is 13.7. The summed E-state index contributed by atoms with van der Waals surface area (Å²) in [6, 6.07) is 3.36. The standard InChI is InChI=1S/C22H28FN5O5/c23-16-4-1-3-15(13-16)21(31)28-8-7-27(22(32)26-9-11-33-12-10-26)14-18(28)20(30)25-17-5-2-6-24-19(17)29/h1,3-4,13,17-18H,2,5-12,14H2,(H,24,29)(H,25,30)/t17-,18-/m0/s1. The number of morpholine rings is 1. The number of hydrogen-bond donors (Lipinski definition) is 2. The van der Waals surface area contributed by atoms with Gasteiger partial charge in [0, 0.05) is 38.3 Å². The Hall–Kier alpha value is -3.21. The number of nitrogens with one attached hydrogen (secondary N) is 2. The molecule has 4 rings (SSSR count). The lowest BCUT2D eigenvalue weighted by atomic mass is 10.0. The molecule has 0 unspecified atom stereocenters. The zero-order valence-electron chi connectivity index (χ0n) is 18.3. The number of halogens is 1. The van der Waals surface area contributed by atoms with Gasteiger partial charge in [-0.3, -0.25) is 14.4 Å². The first-order chi connectivity index (χ1) is 15.9. The van der Waals surface area contributed by atoms with Gasteiger partial charge >= 0.3 is 6.03 Å². The summed E-state index contributed by atoms with van der Waals surface area (Å²) >= 11 is 0. The molecule has 0 bridgehead atoms. The average Bonchev–Trinajstić information content (AvgIpc) is 2.84. The quantitative estimate of drug-likeness (QED) is 0.648. The van der Waals surface area contributed by atoms with Crippen LogP contribution in [0.2, 0.25) is 0 Å². The predicted octanol–water partition coefficient (Wildman–Crippen LogP) is -0.201. The van der Waals surface area contributed by atoms with Crippen LogP contribution in [-0.2, 0) is 14.3 Å². The van der Waals surface area contributed by atoms with E-state index < -0.39 is 29.7 Å². The Bertz CT molecular complexity index is 922. The van der Waals surface area contributed by atoms with E-state index in [1.807, 2.05) is 0 Å². The largest absolute Gasteiger partial charge is 0.378 e. The van der Waals surface area contributed by atoms with Crippen molar-refractivity contribution in [2.75, 3.05) is 52.5 Å². The highest BCUT2D eigenvalue weighted by Crippen LogP contribution is 2.18. The first kappa shape index (κ1) is 23.0. The number of carbonyl (C=O) groups is 4. The normalized spacial score (nSPS) is 23.7. The fourth-order valence-electron chi connectivity index (χ4n) is 4.34. The van der Waals surface area contributed by atoms with E-state index >= 15 is 0 Å². The van der Waals surface area contributed by atoms with Gasteiger partial charge in [-0.1, -0.05) is 6.07 Å². The van der Waals surface area contributed by atoms with Crippen LogP contribution < -0.4 is 10.6 Å². The Kier molecular flexibility index (Phi) is 7.07. The third kappa shape index (κ3) is 5.24. The molecule has 0 saturated carbocycles. The van der Waals surface area contributed by atoms with Gasteiger partial charge in [0.25, 0.3) is 5.91 Å². The fourth-order valence-corrected chi connectivity index (χ4v) is 4.34. The number of amides is 5. The Balaban J connectivity index is 1.53. The summed E-state index contributed by atoms with van der Waals surface area (Å²) in [4.78, 5) is 56.1. The molecule has 0 radical (unpaired) electrons. The van der Waals surface area contributed by atoms with Gasteiger partial charge in [0.1, 0.15) is 17.9 Å². The summed E-state index contributed by atoms with van der Waals surface area (Å²) in [6.07, 6.45) is 1.23. The molecule has 0 spiro atoms. The molecule has 3 saturated heterocycles. The molecule has 3 aliphatic rings. The molecule has 1 aromatic rings. The van der Waals surface area contributed by atoms with Gasteiger partial charge in [-0.05, 0) is 31.0 Å². The van der Waals surface area contributed by atoms with Crippen molar-refractivity contribution < 1.29 is 28.3 Å². The highest BCUT2D eigenvalue weighted by atomic mass is 19.1. The number of benzene rings is 1. The van der Waals surface area contributed by atoms with Crippen molar-refractivity contribution in [3.05, 3.63) is 35.6 Å². The number of hydrogen-bond acceptors (Lipinski definition) is 5. The van der Waals surface area contributed by atoms with E-state index in [1.165, 1.54) is 23.1 Å². The minimum absolute atomic E-state index is 0.0164. The van der Waals surface area contributed by atoms with Crippen molar-refractivity contribution in [2.24, 2.45) is 0 Å². The number of ether oxygens (including phenoxy) is 1. The lowest BCUT2D eigenvalue weighted by molar-refractivity contribution is -0.133. The van der Waals surface area contributed by atoms with Crippen molar-refractivity contribution in [2.45, 2.75) is 24.9 Å². The van der Waals surface area contributed by atoms with E-state index in [0.717, 1.165) is 12.5 Å². The van der Waals surface area contributed by atoms with E-state index in [-0.39, 0.29) is 37.1 Å². The molecular formula is C22H28FN5O5. The van der Waals surface area contributed by atoms with Crippen molar-refractivity contribution in [3.8, 4) is 0 Å². The first-order valence-electron chi connectivity index (χ1n) is 11.2. The summed E-state index contributed by atoms with van der Waals surface area (Å²) in [7, 11) is 0. The molecule has 11 heteroatoms. The van der Waals surface area contributed by atoms with Gasteiger partial charge in [0.15, 0.2) is 0 Å². The highest BCUT2D eigenvalue weighted by Gasteiger charge is 2.40. The maximum absolute atomic E-state index is 13.7. The molecule has 10 nitrogen and oxygen atoms in total. The molecule has 5 amide bonds. The Morgan fingerprint density at radius 3 is 2.61 bits per heavy atom. The smallest absolute Gasteiger partial charge is 0.320 e. The van der Waals surface area contributed by atoms with E-state index in [1.54, 1.807) is 9.80 Å². The number of urea groups is 1. The van der Waals surface area contributed by atoms with Crippen LogP contribution in [0.5, 0.6) is 0 Å². The fraction of sp³-hybridized carbons (Fsp3) is 0.545. The summed E-state index contributed by atoms with van der Waals surface area (Å²) in [6.45, 7) is 2.71. The second-order valence-corrected chi connectivity index (χ2v) is 8.35. The number of rotatable bonds is 3. The molecule has 3 heterocycles. The van der Waals surface area contributed by atoms with Gasteiger partial charge in [-0.2, -0.15) is 0 Å². The second-order valence-electron chi connectivity index (χ2n) is 8.35. The predicted molar refractivity (Wildman–Crippen MR) is 115 cm³/mol. The van der Waals surface area contributed by atoms with Crippen LogP contribution in [0.4, 0.5) is 9.18 Å². The zero-order valence-corrected chi connectivity index (χ0v) is 18.3. The number of piperidine rings is 1. The summed E-state index contributed by atoms with van der Waals surface area (Å²) in [5.41, 5.74) is 0.121. The third-order valence-electron chi connectivity index (χ3n) is 6.17. The third-order valence-corrected chi connectivity index (χ3v) is 6.17. The van der Waals surface area contributed by atoms with Crippen molar-refractivity contribution in [1.82, 2.24) is 25.3 Å². The molecule has 3 aliphatic heterocycles. The van der Waals surface area contributed by atoms with Crippen LogP contribution in [-0.4, -0.2) is 103 Å². The molecule has 2 N–H and O–H groups in total. The molecule has 33 heavy (non-hydrogen) atoms. The molecule has 0 aliphatic carbocycles. The number of piperazine rings is 1. The van der Waals surface area contributed by atoms with Crippen molar-refractivity contribution >= 4 is 23.8 Å². The van der Waals surface area contributed by atoms with Gasteiger partial charge in [-0.25, -0.2) is 9.18 Å². The SMILES string of the molecule is O=C1NCCC[C@@H]1NC(=O)[C@@H]1CN(C(=O)N2CCOCC2)CCN1C(=O)c1cccc(F)c1. The van der Waals surface area contributed by atoms with E-state index in [4.69, 9.17) is 4.74 Å². The molecule has 3 fully saturated rings. The molecule has 0 aromatic heterocycles. The lowest BCUT2D eigenvalue weighted by Crippen LogP contribution is -2.65. The van der Waals surface area contributed by atoms with Gasteiger partial charge < -0.3 is 30.1 Å². The molecule has 2 atom stereocenters.